The fourth-order valence-corrected chi connectivity index (χ4v) is 1.67. The third-order valence-corrected chi connectivity index (χ3v) is 2.54. The summed E-state index contributed by atoms with van der Waals surface area (Å²) in [4.78, 5) is 21.8. The van der Waals surface area contributed by atoms with Crippen LogP contribution < -0.4 is 9.47 Å². The van der Waals surface area contributed by atoms with E-state index < -0.39 is 23.1 Å². The normalized spacial score (nSPS) is 13.2. The maximum atomic E-state index is 11.3. The van der Waals surface area contributed by atoms with Crippen molar-refractivity contribution in [1.29, 1.82) is 0 Å². The molecule has 2 N–H and O–H groups in total. The molecule has 2 rings (SSSR count). The first-order valence-corrected chi connectivity index (χ1v) is 4.99. The van der Waals surface area contributed by atoms with Crippen LogP contribution in [0.15, 0.2) is 6.07 Å². The highest BCUT2D eigenvalue weighted by Gasteiger charge is 2.27. The molecule has 1 aromatic carbocycles. The molecule has 0 bridgehead atoms. The summed E-state index contributed by atoms with van der Waals surface area (Å²) in [6.07, 6.45) is 0. The van der Waals surface area contributed by atoms with Gasteiger partial charge in [-0.25, -0.2) is 4.79 Å². The van der Waals surface area contributed by atoms with Crippen LogP contribution in [0.5, 0.6) is 17.2 Å². The van der Waals surface area contributed by atoms with E-state index in [1.54, 1.807) is 0 Å². The SMILES string of the molecule is O=C(O)C(=O)c1cc2c(c(Cl)c1O)OCCO2. The second-order valence-corrected chi connectivity index (χ2v) is 3.62. The predicted molar refractivity (Wildman–Crippen MR) is 56.1 cm³/mol. The standard InChI is InChI=1S/C10H7ClO6/c11-6-7(12)4(8(13)10(14)15)3-5-9(6)17-2-1-16-5/h3,12H,1-2H2,(H,14,15). The number of halogens is 1. The highest BCUT2D eigenvalue weighted by atomic mass is 35.5. The zero-order valence-corrected chi connectivity index (χ0v) is 9.15. The van der Waals surface area contributed by atoms with Crippen molar-refractivity contribution < 1.29 is 29.3 Å². The third kappa shape index (κ3) is 1.87. The van der Waals surface area contributed by atoms with E-state index in [0.29, 0.717) is 0 Å². The molecular weight excluding hydrogens is 252 g/mol. The molecule has 0 radical (unpaired) electrons. The van der Waals surface area contributed by atoms with Crippen molar-refractivity contribution in [2.75, 3.05) is 13.2 Å². The first-order chi connectivity index (χ1) is 8.02. The number of ketones is 1. The minimum absolute atomic E-state index is 0.109. The monoisotopic (exact) mass is 258 g/mol. The Kier molecular flexibility index (Phi) is 2.81. The number of hydrogen-bond donors (Lipinski definition) is 2. The summed E-state index contributed by atoms with van der Waals surface area (Å²) >= 11 is 5.76. The summed E-state index contributed by atoms with van der Waals surface area (Å²) in [6, 6.07) is 1.10. The summed E-state index contributed by atoms with van der Waals surface area (Å²) < 4.78 is 10.3. The average molecular weight is 259 g/mol. The second-order valence-electron chi connectivity index (χ2n) is 3.25. The molecule has 1 aromatic rings. The Morgan fingerprint density at radius 3 is 2.59 bits per heavy atom. The Labute approximate surface area is 100 Å². The van der Waals surface area contributed by atoms with E-state index >= 15 is 0 Å². The molecule has 90 valence electrons. The van der Waals surface area contributed by atoms with E-state index in [4.69, 9.17) is 26.2 Å². The average Bonchev–Trinajstić information content (AvgIpc) is 2.33. The molecule has 0 atom stereocenters. The molecule has 1 heterocycles. The number of rotatable bonds is 2. The molecule has 1 aliphatic heterocycles. The highest BCUT2D eigenvalue weighted by molar-refractivity contribution is 6.42. The van der Waals surface area contributed by atoms with Crippen LogP contribution in [0.3, 0.4) is 0 Å². The van der Waals surface area contributed by atoms with Gasteiger partial charge in [-0.15, -0.1) is 0 Å². The van der Waals surface area contributed by atoms with Crippen molar-refractivity contribution in [2.45, 2.75) is 0 Å². The van der Waals surface area contributed by atoms with Gasteiger partial charge in [0.1, 0.15) is 24.0 Å². The van der Waals surface area contributed by atoms with Crippen LogP contribution in [-0.2, 0) is 4.79 Å². The second kappa shape index (κ2) is 4.14. The summed E-state index contributed by atoms with van der Waals surface area (Å²) in [5.41, 5.74) is -0.424. The van der Waals surface area contributed by atoms with Gasteiger partial charge in [0.25, 0.3) is 5.78 Å². The van der Waals surface area contributed by atoms with Crippen LogP contribution in [0.1, 0.15) is 10.4 Å². The van der Waals surface area contributed by atoms with Crippen LogP contribution in [-0.4, -0.2) is 35.2 Å². The predicted octanol–water partition coefficient (Wildman–Crippen LogP) is 1.08. The Balaban J connectivity index is 2.59. The van der Waals surface area contributed by atoms with E-state index in [1.165, 1.54) is 0 Å². The number of aromatic hydroxyl groups is 1. The number of ether oxygens (including phenoxy) is 2. The molecule has 0 unspecified atom stereocenters. The quantitative estimate of drug-likeness (QED) is 0.609. The minimum atomic E-state index is -1.69. The highest BCUT2D eigenvalue weighted by Crippen LogP contribution is 2.44. The maximum absolute atomic E-state index is 11.3. The van der Waals surface area contributed by atoms with Crippen molar-refractivity contribution in [3.63, 3.8) is 0 Å². The summed E-state index contributed by atoms with van der Waals surface area (Å²) in [7, 11) is 0. The van der Waals surface area contributed by atoms with Crippen LogP contribution in [0.2, 0.25) is 5.02 Å². The van der Waals surface area contributed by atoms with Gasteiger partial charge in [0.2, 0.25) is 0 Å². The topological polar surface area (TPSA) is 93.1 Å². The summed E-state index contributed by atoms with van der Waals surface area (Å²) in [6.45, 7) is 0.521. The van der Waals surface area contributed by atoms with Gasteiger partial charge < -0.3 is 19.7 Å². The summed E-state index contributed by atoms with van der Waals surface area (Å²) in [5, 5.41) is 18.0. The maximum Gasteiger partial charge on any atom is 0.377 e. The van der Waals surface area contributed by atoms with Gasteiger partial charge in [-0.3, -0.25) is 4.79 Å². The molecule has 0 fully saturated rings. The largest absolute Gasteiger partial charge is 0.505 e. The van der Waals surface area contributed by atoms with Crippen LogP contribution in [0.4, 0.5) is 0 Å². The molecule has 7 heteroatoms. The smallest absolute Gasteiger partial charge is 0.377 e. The molecule has 17 heavy (non-hydrogen) atoms. The Morgan fingerprint density at radius 1 is 1.29 bits per heavy atom. The Bertz CT molecular complexity index is 510. The van der Waals surface area contributed by atoms with Crippen molar-refractivity contribution in [1.82, 2.24) is 0 Å². The number of phenolic OH excluding ortho intramolecular Hbond substituents is 1. The van der Waals surface area contributed by atoms with E-state index in [-0.39, 0.29) is 29.7 Å². The zero-order valence-electron chi connectivity index (χ0n) is 8.40. The molecule has 0 saturated carbocycles. The number of carboxylic acids is 1. The van der Waals surface area contributed by atoms with E-state index in [2.05, 4.69) is 0 Å². The lowest BCUT2D eigenvalue weighted by Crippen LogP contribution is -2.18. The zero-order chi connectivity index (χ0) is 12.6. The van der Waals surface area contributed by atoms with Gasteiger partial charge in [0.15, 0.2) is 11.5 Å². The van der Waals surface area contributed by atoms with E-state index in [9.17, 15) is 14.7 Å². The van der Waals surface area contributed by atoms with Gasteiger partial charge in [0.05, 0.1) is 5.56 Å². The first kappa shape index (κ1) is 11.5. The van der Waals surface area contributed by atoms with Crippen molar-refractivity contribution >= 4 is 23.4 Å². The van der Waals surface area contributed by atoms with Gasteiger partial charge in [-0.1, -0.05) is 11.6 Å². The van der Waals surface area contributed by atoms with Gasteiger partial charge >= 0.3 is 5.97 Å². The Hall–Kier alpha value is -1.95. The minimum Gasteiger partial charge on any atom is -0.505 e. The number of aliphatic carboxylic acids is 1. The lowest BCUT2D eigenvalue weighted by atomic mass is 10.1. The number of carboxylic acid groups (broad SMARTS) is 1. The number of carbonyl (C=O) groups excluding carboxylic acids is 1. The Morgan fingerprint density at radius 2 is 1.94 bits per heavy atom. The van der Waals surface area contributed by atoms with Gasteiger partial charge in [-0.2, -0.15) is 0 Å². The number of hydrogen-bond acceptors (Lipinski definition) is 5. The van der Waals surface area contributed by atoms with Crippen LogP contribution >= 0.6 is 11.6 Å². The van der Waals surface area contributed by atoms with Gasteiger partial charge in [-0.05, 0) is 6.07 Å². The fourth-order valence-electron chi connectivity index (χ4n) is 1.42. The molecule has 6 nitrogen and oxygen atoms in total. The number of carbonyl (C=O) groups is 2. The molecule has 0 amide bonds. The summed E-state index contributed by atoms with van der Waals surface area (Å²) in [5.74, 6) is -3.32. The number of phenols is 1. The molecule has 0 spiro atoms. The number of fused-ring (bicyclic) bond motifs is 1. The molecular formula is C10H7ClO6. The van der Waals surface area contributed by atoms with Crippen molar-refractivity contribution in [3.8, 4) is 17.2 Å². The molecule has 0 saturated heterocycles. The number of Topliss-reactive ketones (excluding diaryl/α,β-unsaturated/α-hetero) is 1. The van der Waals surface area contributed by atoms with Crippen LogP contribution in [0.25, 0.3) is 0 Å². The third-order valence-electron chi connectivity index (χ3n) is 2.19. The van der Waals surface area contributed by atoms with Gasteiger partial charge in [0, 0.05) is 0 Å². The van der Waals surface area contributed by atoms with E-state index in [1.807, 2.05) is 0 Å². The number of benzene rings is 1. The molecule has 0 aliphatic carbocycles. The molecule has 1 aliphatic rings. The molecule has 0 aromatic heterocycles. The van der Waals surface area contributed by atoms with Crippen LogP contribution in [0, 0.1) is 0 Å². The lowest BCUT2D eigenvalue weighted by molar-refractivity contribution is -0.131. The van der Waals surface area contributed by atoms with Crippen molar-refractivity contribution in [2.24, 2.45) is 0 Å². The first-order valence-electron chi connectivity index (χ1n) is 4.61. The van der Waals surface area contributed by atoms with Crippen molar-refractivity contribution in [3.05, 3.63) is 16.7 Å². The van der Waals surface area contributed by atoms with E-state index in [0.717, 1.165) is 6.07 Å². The lowest BCUT2D eigenvalue weighted by Gasteiger charge is -2.20. The fraction of sp³-hybridized carbons (Fsp3) is 0.200.